The molecule has 0 aromatic carbocycles. The van der Waals surface area contributed by atoms with Crippen molar-refractivity contribution < 1.29 is 9.59 Å². The standard InChI is InChI=1S/C10H8BrClN2O2/c1-5-7(11)3-13-10(12)9(5)14-4-6(15)2-8(14)16/h3H,2,4H2,1H3. The molecule has 16 heavy (non-hydrogen) atoms. The van der Waals surface area contributed by atoms with Crippen LogP contribution in [0, 0.1) is 6.92 Å². The zero-order valence-electron chi connectivity index (χ0n) is 8.46. The second kappa shape index (κ2) is 4.14. The van der Waals surface area contributed by atoms with Gasteiger partial charge in [0, 0.05) is 10.7 Å². The van der Waals surface area contributed by atoms with Crippen LogP contribution in [0.4, 0.5) is 5.69 Å². The van der Waals surface area contributed by atoms with Crippen LogP contribution in [-0.4, -0.2) is 23.2 Å². The fourth-order valence-corrected chi connectivity index (χ4v) is 2.22. The number of hydrogen-bond donors (Lipinski definition) is 0. The van der Waals surface area contributed by atoms with Gasteiger partial charge in [0.2, 0.25) is 5.91 Å². The number of ketones is 1. The number of anilines is 1. The van der Waals surface area contributed by atoms with Crippen molar-refractivity contribution in [1.29, 1.82) is 0 Å². The van der Waals surface area contributed by atoms with Crippen LogP contribution in [0.15, 0.2) is 10.7 Å². The van der Waals surface area contributed by atoms with Gasteiger partial charge in [-0.25, -0.2) is 4.98 Å². The number of hydrogen-bond acceptors (Lipinski definition) is 3. The molecule has 0 radical (unpaired) electrons. The minimum atomic E-state index is -0.227. The summed E-state index contributed by atoms with van der Waals surface area (Å²) in [6.45, 7) is 1.90. The summed E-state index contributed by atoms with van der Waals surface area (Å²) < 4.78 is 0.763. The van der Waals surface area contributed by atoms with Crippen molar-refractivity contribution in [2.45, 2.75) is 13.3 Å². The number of carbonyl (C=O) groups excluding carboxylic acids is 2. The lowest BCUT2D eigenvalue weighted by Gasteiger charge is -2.18. The molecule has 4 nitrogen and oxygen atoms in total. The van der Waals surface area contributed by atoms with Crippen molar-refractivity contribution in [1.82, 2.24) is 4.98 Å². The van der Waals surface area contributed by atoms with Crippen molar-refractivity contribution in [2.75, 3.05) is 11.4 Å². The summed E-state index contributed by atoms with van der Waals surface area (Å²) in [5, 5.41) is 0.240. The van der Waals surface area contributed by atoms with Crippen molar-refractivity contribution in [3.63, 3.8) is 0 Å². The van der Waals surface area contributed by atoms with Crippen molar-refractivity contribution in [3.05, 3.63) is 21.4 Å². The van der Waals surface area contributed by atoms with E-state index in [2.05, 4.69) is 20.9 Å². The van der Waals surface area contributed by atoms with E-state index in [1.165, 1.54) is 4.90 Å². The Bertz CT molecular complexity index is 490. The summed E-state index contributed by atoms with van der Waals surface area (Å²) in [6, 6.07) is 0. The second-order valence-electron chi connectivity index (χ2n) is 3.57. The first kappa shape index (κ1) is 11.5. The molecule has 84 valence electrons. The van der Waals surface area contributed by atoms with Crippen LogP contribution in [0.2, 0.25) is 5.15 Å². The predicted octanol–water partition coefficient (Wildman–Crippen LogP) is 2.11. The summed E-state index contributed by atoms with van der Waals surface area (Å²) >= 11 is 9.28. The molecule has 6 heteroatoms. The first-order valence-electron chi connectivity index (χ1n) is 4.63. The lowest BCUT2D eigenvalue weighted by Crippen LogP contribution is -2.26. The van der Waals surface area contributed by atoms with Gasteiger partial charge in [0.05, 0.1) is 18.7 Å². The number of Topliss-reactive ketones (excluding diaryl/α,β-unsaturated/α-hetero) is 1. The Morgan fingerprint density at radius 2 is 2.19 bits per heavy atom. The average molecular weight is 304 g/mol. The van der Waals surface area contributed by atoms with Gasteiger partial charge in [0.15, 0.2) is 10.9 Å². The molecule has 1 fully saturated rings. The van der Waals surface area contributed by atoms with Crippen molar-refractivity contribution in [2.24, 2.45) is 0 Å². The highest BCUT2D eigenvalue weighted by molar-refractivity contribution is 9.10. The number of aromatic nitrogens is 1. The SMILES string of the molecule is Cc1c(Br)cnc(Cl)c1N1CC(=O)CC1=O. The average Bonchev–Trinajstić information content (AvgIpc) is 2.53. The molecule has 1 aromatic rings. The van der Waals surface area contributed by atoms with Crippen LogP contribution in [0.5, 0.6) is 0 Å². The molecular formula is C10H8BrClN2O2. The molecule has 1 aliphatic heterocycles. The third-order valence-corrected chi connectivity index (χ3v) is 3.53. The van der Waals surface area contributed by atoms with Crippen LogP contribution >= 0.6 is 27.5 Å². The van der Waals surface area contributed by atoms with Gasteiger partial charge < -0.3 is 4.90 Å². The molecule has 1 amide bonds. The number of amides is 1. The summed E-state index contributed by atoms with van der Waals surface area (Å²) in [5.41, 5.74) is 1.33. The van der Waals surface area contributed by atoms with Gasteiger partial charge >= 0.3 is 0 Å². The smallest absolute Gasteiger partial charge is 0.235 e. The van der Waals surface area contributed by atoms with Gasteiger partial charge in [-0.05, 0) is 28.4 Å². The van der Waals surface area contributed by atoms with Crippen molar-refractivity contribution in [3.8, 4) is 0 Å². The molecule has 1 aromatic heterocycles. The maximum absolute atomic E-state index is 11.6. The number of pyridine rings is 1. The largest absolute Gasteiger partial charge is 0.301 e. The third kappa shape index (κ3) is 1.85. The highest BCUT2D eigenvalue weighted by Crippen LogP contribution is 2.34. The Morgan fingerprint density at radius 3 is 2.75 bits per heavy atom. The molecule has 0 bridgehead atoms. The van der Waals surface area contributed by atoms with Gasteiger partial charge in [-0.3, -0.25) is 9.59 Å². The van der Waals surface area contributed by atoms with Gasteiger partial charge in [-0.15, -0.1) is 0 Å². The molecule has 0 N–H and O–H groups in total. The van der Waals surface area contributed by atoms with E-state index < -0.39 is 0 Å². The van der Waals surface area contributed by atoms with E-state index in [0.717, 1.165) is 10.0 Å². The number of rotatable bonds is 1. The van der Waals surface area contributed by atoms with Gasteiger partial charge in [-0.1, -0.05) is 11.6 Å². The topological polar surface area (TPSA) is 50.3 Å². The Morgan fingerprint density at radius 1 is 1.50 bits per heavy atom. The lowest BCUT2D eigenvalue weighted by molar-refractivity contribution is -0.121. The first-order chi connectivity index (χ1) is 7.50. The quantitative estimate of drug-likeness (QED) is 0.590. The number of halogens is 2. The van der Waals surface area contributed by atoms with Crippen LogP contribution in [0.25, 0.3) is 0 Å². The molecule has 1 aliphatic rings. The molecule has 2 heterocycles. The van der Waals surface area contributed by atoms with Crippen molar-refractivity contribution >= 4 is 44.9 Å². The maximum atomic E-state index is 11.6. The van der Waals surface area contributed by atoms with E-state index in [9.17, 15) is 9.59 Å². The minimum Gasteiger partial charge on any atom is -0.301 e. The second-order valence-corrected chi connectivity index (χ2v) is 4.78. The van der Waals surface area contributed by atoms with E-state index in [4.69, 9.17) is 11.6 Å². The highest BCUT2D eigenvalue weighted by atomic mass is 79.9. The molecule has 0 saturated carbocycles. The molecule has 0 spiro atoms. The lowest BCUT2D eigenvalue weighted by atomic mass is 10.2. The summed E-state index contributed by atoms with van der Waals surface area (Å²) in [4.78, 5) is 28.2. The highest BCUT2D eigenvalue weighted by Gasteiger charge is 2.31. The van der Waals surface area contributed by atoms with E-state index in [1.54, 1.807) is 6.20 Å². The van der Waals surface area contributed by atoms with Crippen LogP contribution in [0.1, 0.15) is 12.0 Å². The normalized spacial score (nSPS) is 16.1. The minimum absolute atomic E-state index is 0.0533. The molecule has 0 atom stereocenters. The zero-order chi connectivity index (χ0) is 11.9. The molecule has 0 aliphatic carbocycles. The van der Waals surface area contributed by atoms with E-state index in [-0.39, 0.29) is 29.8 Å². The van der Waals surface area contributed by atoms with Gasteiger partial charge in [0.25, 0.3) is 0 Å². The van der Waals surface area contributed by atoms with Crippen LogP contribution in [-0.2, 0) is 9.59 Å². The molecule has 0 unspecified atom stereocenters. The Labute approximate surface area is 106 Å². The Hall–Kier alpha value is -0.940. The van der Waals surface area contributed by atoms with Crippen LogP contribution < -0.4 is 4.90 Å². The van der Waals surface area contributed by atoms with Gasteiger partial charge in [0.1, 0.15) is 0 Å². The van der Waals surface area contributed by atoms with Gasteiger partial charge in [-0.2, -0.15) is 0 Å². The van der Waals surface area contributed by atoms with E-state index in [0.29, 0.717) is 5.69 Å². The Kier molecular flexibility index (Phi) is 2.99. The number of carbonyl (C=O) groups is 2. The van der Waals surface area contributed by atoms with E-state index >= 15 is 0 Å². The number of nitrogens with zero attached hydrogens (tertiary/aromatic N) is 2. The third-order valence-electron chi connectivity index (χ3n) is 2.45. The molecular weight excluding hydrogens is 295 g/mol. The summed E-state index contributed by atoms with van der Waals surface area (Å²) in [5.74, 6) is -0.324. The summed E-state index contributed by atoms with van der Waals surface area (Å²) in [6.07, 6.45) is 1.52. The zero-order valence-corrected chi connectivity index (χ0v) is 10.8. The summed E-state index contributed by atoms with van der Waals surface area (Å²) in [7, 11) is 0. The van der Waals surface area contributed by atoms with E-state index in [1.807, 2.05) is 6.92 Å². The molecule has 1 saturated heterocycles. The predicted molar refractivity (Wildman–Crippen MR) is 63.7 cm³/mol. The van der Waals surface area contributed by atoms with Crippen LogP contribution in [0.3, 0.4) is 0 Å². The molecule has 2 rings (SSSR count). The monoisotopic (exact) mass is 302 g/mol. The fourth-order valence-electron chi connectivity index (χ4n) is 1.64. The first-order valence-corrected chi connectivity index (χ1v) is 5.80. The Balaban J connectivity index is 2.52. The fraction of sp³-hybridized carbons (Fsp3) is 0.300. The maximum Gasteiger partial charge on any atom is 0.235 e.